The fourth-order valence-corrected chi connectivity index (χ4v) is 0.985. The van der Waals surface area contributed by atoms with Crippen LogP contribution in [0.25, 0.3) is 0 Å². The number of amides is 1. The predicted molar refractivity (Wildman–Crippen MR) is 54.7 cm³/mol. The maximum absolute atomic E-state index is 11.1. The molecule has 1 heterocycles. The largest absolute Gasteiger partial charge is 0.478 e. The molecule has 0 saturated heterocycles. The first-order chi connectivity index (χ1) is 7.08. The second kappa shape index (κ2) is 5.11. The third-order valence-electron chi connectivity index (χ3n) is 1.37. The smallest absolute Gasteiger partial charge is 0.328 e. The number of carbonyl (C=O) groups excluding carboxylic acids is 1. The molecule has 0 aliphatic carbocycles. The van der Waals surface area contributed by atoms with Gasteiger partial charge in [0.25, 0.3) is 0 Å². The van der Waals surface area contributed by atoms with Crippen LogP contribution in [-0.2, 0) is 9.59 Å². The van der Waals surface area contributed by atoms with Crippen LogP contribution < -0.4 is 5.32 Å². The summed E-state index contributed by atoms with van der Waals surface area (Å²) in [7, 11) is 0. The fourth-order valence-electron chi connectivity index (χ4n) is 0.811. The van der Waals surface area contributed by atoms with E-state index < -0.39 is 11.9 Å². The van der Waals surface area contributed by atoms with Crippen LogP contribution in [0.4, 0.5) is 5.69 Å². The summed E-state index contributed by atoms with van der Waals surface area (Å²) in [6, 6.07) is 2.99. The van der Waals surface area contributed by atoms with Gasteiger partial charge in [0.1, 0.15) is 5.15 Å². The molecular formula is C9H7ClN2O3. The van der Waals surface area contributed by atoms with Crippen molar-refractivity contribution in [2.75, 3.05) is 5.32 Å². The molecule has 1 aromatic heterocycles. The maximum atomic E-state index is 11.1. The molecule has 0 spiro atoms. The zero-order chi connectivity index (χ0) is 11.3. The normalized spacial score (nSPS) is 10.2. The van der Waals surface area contributed by atoms with Gasteiger partial charge < -0.3 is 10.4 Å². The molecule has 0 aromatic carbocycles. The number of halogens is 1. The van der Waals surface area contributed by atoms with Crippen LogP contribution in [0.5, 0.6) is 0 Å². The Kier molecular flexibility index (Phi) is 3.82. The van der Waals surface area contributed by atoms with Crippen LogP contribution in [-0.4, -0.2) is 22.0 Å². The molecule has 0 aliphatic rings. The maximum Gasteiger partial charge on any atom is 0.328 e. The van der Waals surface area contributed by atoms with Crippen LogP contribution >= 0.6 is 11.6 Å². The first-order valence-corrected chi connectivity index (χ1v) is 4.29. The molecule has 0 unspecified atom stereocenters. The monoisotopic (exact) mass is 226 g/mol. The van der Waals surface area contributed by atoms with E-state index in [2.05, 4.69) is 10.3 Å². The van der Waals surface area contributed by atoms with E-state index in [1.54, 1.807) is 6.07 Å². The van der Waals surface area contributed by atoms with Crippen LogP contribution in [0.1, 0.15) is 0 Å². The number of carboxylic acid groups (broad SMARTS) is 1. The van der Waals surface area contributed by atoms with Gasteiger partial charge in [0.2, 0.25) is 5.91 Å². The highest BCUT2D eigenvalue weighted by Crippen LogP contribution is 2.11. The summed E-state index contributed by atoms with van der Waals surface area (Å²) in [5, 5.41) is 10.9. The zero-order valence-electron chi connectivity index (χ0n) is 7.48. The summed E-state index contributed by atoms with van der Waals surface area (Å²) in [4.78, 5) is 24.9. The van der Waals surface area contributed by atoms with Gasteiger partial charge in [-0.25, -0.2) is 9.78 Å². The van der Waals surface area contributed by atoms with Gasteiger partial charge in [-0.05, 0) is 12.1 Å². The summed E-state index contributed by atoms with van der Waals surface area (Å²) in [6.07, 6.45) is 3.09. The van der Waals surface area contributed by atoms with E-state index in [9.17, 15) is 9.59 Å². The second-order valence-electron chi connectivity index (χ2n) is 2.53. The molecule has 6 heteroatoms. The molecule has 0 saturated carbocycles. The Hall–Kier alpha value is -1.88. The van der Waals surface area contributed by atoms with Gasteiger partial charge in [0.15, 0.2) is 0 Å². The lowest BCUT2D eigenvalue weighted by Gasteiger charge is -2.00. The minimum absolute atomic E-state index is 0.245. The summed E-state index contributed by atoms with van der Waals surface area (Å²) in [6.45, 7) is 0. The molecule has 2 N–H and O–H groups in total. The van der Waals surface area contributed by atoms with Crippen molar-refractivity contribution in [1.82, 2.24) is 4.98 Å². The third-order valence-corrected chi connectivity index (χ3v) is 1.58. The minimum Gasteiger partial charge on any atom is -0.478 e. The molecule has 0 fully saturated rings. The summed E-state index contributed by atoms with van der Waals surface area (Å²) in [5.74, 6) is -1.72. The van der Waals surface area contributed by atoms with E-state index in [4.69, 9.17) is 16.7 Å². The number of carboxylic acids is 1. The minimum atomic E-state index is -1.18. The van der Waals surface area contributed by atoms with Crippen molar-refractivity contribution in [3.05, 3.63) is 35.6 Å². The Morgan fingerprint density at radius 1 is 1.47 bits per heavy atom. The number of nitrogens with zero attached hydrogens (tertiary/aromatic N) is 1. The lowest BCUT2D eigenvalue weighted by molar-refractivity contribution is -0.131. The number of aliphatic carboxylic acids is 1. The number of hydrogen-bond donors (Lipinski definition) is 2. The quantitative estimate of drug-likeness (QED) is 0.602. The van der Waals surface area contributed by atoms with Crippen molar-refractivity contribution in [3.63, 3.8) is 0 Å². The highest BCUT2D eigenvalue weighted by molar-refractivity contribution is 6.29. The number of carbonyl (C=O) groups is 2. The van der Waals surface area contributed by atoms with Gasteiger partial charge in [-0.15, -0.1) is 0 Å². The molecule has 0 radical (unpaired) electrons. The van der Waals surface area contributed by atoms with E-state index in [1.807, 2.05) is 0 Å². The summed E-state index contributed by atoms with van der Waals surface area (Å²) in [5.41, 5.74) is 0.454. The van der Waals surface area contributed by atoms with Crippen LogP contribution in [0, 0.1) is 0 Å². The molecule has 0 bridgehead atoms. The Morgan fingerprint density at radius 3 is 2.80 bits per heavy atom. The second-order valence-corrected chi connectivity index (χ2v) is 2.92. The van der Waals surface area contributed by atoms with E-state index in [0.717, 1.165) is 12.2 Å². The van der Waals surface area contributed by atoms with Crippen molar-refractivity contribution in [3.8, 4) is 0 Å². The van der Waals surface area contributed by atoms with E-state index >= 15 is 0 Å². The lowest BCUT2D eigenvalue weighted by atomic mass is 10.4. The number of hydrogen-bond acceptors (Lipinski definition) is 3. The average molecular weight is 227 g/mol. The highest BCUT2D eigenvalue weighted by Gasteiger charge is 1.99. The van der Waals surface area contributed by atoms with Gasteiger partial charge in [-0.1, -0.05) is 11.6 Å². The molecule has 5 nitrogen and oxygen atoms in total. The van der Waals surface area contributed by atoms with Crippen molar-refractivity contribution in [2.24, 2.45) is 0 Å². The standard InChI is InChI=1S/C9H7ClN2O3/c10-7-5-6(3-4-11-7)12-8(13)1-2-9(14)15/h1-5H,(H,14,15)(H,11,12,13)/b2-1+. The Morgan fingerprint density at radius 2 is 2.20 bits per heavy atom. The highest BCUT2D eigenvalue weighted by atomic mass is 35.5. The first kappa shape index (κ1) is 11.2. The zero-order valence-corrected chi connectivity index (χ0v) is 8.23. The van der Waals surface area contributed by atoms with Gasteiger partial charge in [-0.2, -0.15) is 0 Å². The topological polar surface area (TPSA) is 79.3 Å². The molecule has 15 heavy (non-hydrogen) atoms. The Balaban J connectivity index is 2.63. The van der Waals surface area contributed by atoms with Gasteiger partial charge in [0, 0.05) is 24.0 Å². The molecule has 1 rings (SSSR count). The Bertz CT molecular complexity index is 418. The molecule has 0 atom stereocenters. The van der Waals surface area contributed by atoms with E-state index in [-0.39, 0.29) is 5.15 Å². The number of pyridine rings is 1. The summed E-state index contributed by atoms with van der Waals surface area (Å²) < 4.78 is 0. The van der Waals surface area contributed by atoms with Crippen molar-refractivity contribution in [2.45, 2.75) is 0 Å². The molecule has 1 amide bonds. The van der Waals surface area contributed by atoms with Crippen molar-refractivity contribution < 1.29 is 14.7 Å². The number of rotatable bonds is 3. The first-order valence-electron chi connectivity index (χ1n) is 3.91. The predicted octanol–water partition coefficient (Wildman–Crippen LogP) is 1.31. The number of aromatic nitrogens is 1. The van der Waals surface area contributed by atoms with Crippen LogP contribution in [0.2, 0.25) is 5.15 Å². The third kappa shape index (κ3) is 4.24. The molecule has 1 aromatic rings. The van der Waals surface area contributed by atoms with Gasteiger partial charge in [0.05, 0.1) is 0 Å². The van der Waals surface area contributed by atoms with Gasteiger partial charge >= 0.3 is 5.97 Å². The fraction of sp³-hybridized carbons (Fsp3) is 0. The van der Waals surface area contributed by atoms with Crippen LogP contribution in [0.3, 0.4) is 0 Å². The average Bonchev–Trinajstić information content (AvgIpc) is 2.15. The molecule has 78 valence electrons. The Labute approximate surface area is 90.4 Å². The van der Waals surface area contributed by atoms with E-state index in [0.29, 0.717) is 5.69 Å². The van der Waals surface area contributed by atoms with E-state index in [1.165, 1.54) is 12.3 Å². The van der Waals surface area contributed by atoms with Crippen molar-refractivity contribution in [1.29, 1.82) is 0 Å². The van der Waals surface area contributed by atoms with Gasteiger partial charge in [-0.3, -0.25) is 4.79 Å². The molecule has 0 aliphatic heterocycles. The number of nitrogens with one attached hydrogen (secondary N) is 1. The SMILES string of the molecule is O=C(O)/C=C/C(=O)Nc1ccnc(Cl)c1. The van der Waals surface area contributed by atoms with Crippen LogP contribution in [0.15, 0.2) is 30.5 Å². The molecular weight excluding hydrogens is 220 g/mol. The lowest BCUT2D eigenvalue weighted by Crippen LogP contribution is -2.08. The summed E-state index contributed by atoms with van der Waals surface area (Å²) >= 11 is 5.58. The van der Waals surface area contributed by atoms with Crippen molar-refractivity contribution >= 4 is 29.2 Å². The number of anilines is 1.